The molecule has 0 unspecified atom stereocenters. The number of pyridine rings is 1. The largest absolute Gasteiger partial charge is 0.382 e. The predicted molar refractivity (Wildman–Crippen MR) is 72.2 cm³/mol. The van der Waals surface area contributed by atoms with E-state index < -0.39 is 0 Å². The van der Waals surface area contributed by atoms with Crippen molar-refractivity contribution in [3.8, 4) is 6.07 Å². The van der Waals surface area contributed by atoms with Gasteiger partial charge in [-0.1, -0.05) is 0 Å². The summed E-state index contributed by atoms with van der Waals surface area (Å²) in [5.41, 5.74) is 2.97. The lowest BCUT2D eigenvalue weighted by Gasteiger charge is -2.10. The van der Waals surface area contributed by atoms with Gasteiger partial charge in [-0.3, -0.25) is 0 Å². The number of fused-ring (bicyclic) bond motifs is 1. The van der Waals surface area contributed by atoms with Crippen LogP contribution in [0.3, 0.4) is 0 Å². The number of nitrogens with one attached hydrogen (secondary N) is 1. The number of rotatable bonds is 7. The number of methoxy groups -OCH3 is 1. The van der Waals surface area contributed by atoms with E-state index in [1.807, 2.05) is 6.07 Å². The standard InChI is InChI=1S/C14H19N3O2/c1-18-7-8-19-6-5-16-14-12(10-15)9-11-3-2-4-13(11)17-14/h9H,2-8H2,1H3,(H,16,17). The second-order valence-corrected chi connectivity index (χ2v) is 4.49. The molecule has 0 atom stereocenters. The lowest BCUT2D eigenvalue weighted by Crippen LogP contribution is -2.14. The molecule has 1 N–H and O–H groups in total. The van der Waals surface area contributed by atoms with Gasteiger partial charge in [0.05, 0.1) is 25.4 Å². The maximum absolute atomic E-state index is 9.14. The Kier molecular flexibility index (Phi) is 5.13. The number of anilines is 1. The molecule has 0 amide bonds. The van der Waals surface area contributed by atoms with Crippen LogP contribution in [0.5, 0.6) is 0 Å². The minimum absolute atomic E-state index is 0.576. The maximum atomic E-state index is 9.14. The molecule has 1 aromatic heterocycles. The van der Waals surface area contributed by atoms with Crippen LogP contribution in [-0.2, 0) is 22.3 Å². The molecule has 0 radical (unpaired) electrons. The number of nitrogens with zero attached hydrogens (tertiary/aromatic N) is 2. The highest BCUT2D eigenvalue weighted by Crippen LogP contribution is 2.24. The second kappa shape index (κ2) is 7.07. The molecule has 5 heteroatoms. The summed E-state index contributed by atoms with van der Waals surface area (Å²) in [5, 5.41) is 12.3. The fourth-order valence-electron chi connectivity index (χ4n) is 2.18. The molecule has 1 aromatic rings. The summed E-state index contributed by atoms with van der Waals surface area (Å²) in [6.07, 6.45) is 3.19. The van der Waals surface area contributed by atoms with Gasteiger partial charge in [0.2, 0.25) is 0 Å². The van der Waals surface area contributed by atoms with Crippen LogP contribution in [0.1, 0.15) is 23.2 Å². The molecule has 0 saturated carbocycles. The fraction of sp³-hybridized carbons (Fsp3) is 0.571. The quantitative estimate of drug-likeness (QED) is 0.754. The van der Waals surface area contributed by atoms with Crippen LogP contribution in [0.15, 0.2) is 6.07 Å². The molecular formula is C14H19N3O2. The van der Waals surface area contributed by atoms with E-state index in [1.165, 1.54) is 5.56 Å². The van der Waals surface area contributed by atoms with Gasteiger partial charge >= 0.3 is 0 Å². The zero-order valence-corrected chi connectivity index (χ0v) is 11.2. The molecule has 1 aliphatic rings. The Labute approximate surface area is 113 Å². The van der Waals surface area contributed by atoms with Crippen molar-refractivity contribution in [1.82, 2.24) is 4.98 Å². The average Bonchev–Trinajstić information content (AvgIpc) is 2.88. The maximum Gasteiger partial charge on any atom is 0.144 e. The van der Waals surface area contributed by atoms with Gasteiger partial charge in [-0.15, -0.1) is 0 Å². The van der Waals surface area contributed by atoms with E-state index in [0.717, 1.165) is 25.0 Å². The Hall–Kier alpha value is -1.64. The van der Waals surface area contributed by atoms with E-state index in [-0.39, 0.29) is 0 Å². The van der Waals surface area contributed by atoms with Crippen LogP contribution in [0, 0.1) is 11.3 Å². The van der Waals surface area contributed by atoms with Crippen LogP contribution in [0.25, 0.3) is 0 Å². The zero-order chi connectivity index (χ0) is 13.5. The van der Waals surface area contributed by atoms with Gasteiger partial charge in [-0.05, 0) is 30.9 Å². The molecule has 0 spiro atoms. The zero-order valence-electron chi connectivity index (χ0n) is 11.2. The Bertz CT molecular complexity index is 468. The second-order valence-electron chi connectivity index (χ2n) is 4.49. The van der Waals surface area contributed by atoms with Crippen molar-refractivity contribution in [1.29, 1.82) is 5.26 Å². The first-order chi connectivity index (χ1) is 9.35. The average molecular weight is 261 g/mol. The van der Waals surface area contributed by atoms with Crippen molar-refractivity contribution in [2.45, 2.75) is 19.3 Å². The molecular weight excluding hydrogens is 242 g/mol. The molecule has 5 nitrogen and oxygen atoms in total. The van der Waals surface area contributed by atoms with Crippen molar-refractivity contribution in [3.63, 3.8) is 0 Å². The number of ether oxygens (including phenoxy) is 2. The fourth-order valence-corrected chi connectivity index (χ4v) is 2.18. The molecule has 102 valence electrons. The first-order valence-corrected chi connectivity index (χ1v) is 6.58. The van der Waals surface area contributed by atoms with Gasteiger partial charge in [0, 0.05) is 19.3 Å². The Balaban J connectivity index is 1.88. The van der Waals surface area contributed by atoms with Crippen molar-refractivity contribution in [3.05, 3.63) is 22.9 Å². The van der Waals surface area contributed by atoms with Crippen molar-refractivity contribution in [2.75, 3.05) is 38.8 Å². The molecule has 1 heterocycles. The number of aryl methyl sites for hydroxylation is 2. The number of hydrogen-bond donors (Lipinski definition) is 1. The highest BCUT2D eigenvalue weighted by atomic mass is 16.5. The molecule has 0 saturated heterocycles. The van der Waals surface area contributed by atoms with Crippen LogP contribution in [-0.4, -0.2) is 38.5 Å². The summed E-state index contributed by atoms with van der Waals surface area (Å²) < 4.78 is 10.3. The Morgan fingerprint density at radius 2 is 2.26 bits per heavy atom. The number of hydrogen-bond acceptors (Lipinski definition) is 5. The minimum Gasteiger partial charge on any atom is -0.382 e. The molecule has 1 aliphatic carbocycles. The Morgan fingerprint density at radius 1 is 1.37 bits per heavy atom. The first kappa shape index (κ1) is 13.8. The highest BCUT2D eigenvalue weighted by molar-refractivity contribution is 5.55. The molecule has 0 bridgehead atoms. The van der Waals surface area contributed by atoms with Crippen molar-refractivity contribution >= 4 is 5.82 Å². The summed E-state index contributed by atoms with van der Waals surface area (Å²) in [5.74, 6) is 0.679. The third kappa shape index (κ3) is 3.66. The molecule has 19 heavy (non-hydrogen) atoms. The van der Waals surface area contributed by atoms with Crippen molar-refractivity contribution < 1.29 is 9.47 Å². The number of aromatic nitrogens is 1. The lowest BCUT2D eigenvalue weighted by atomic mass is 10.1. The molecule has 0 aromatic carbocycles. The molecule has 0 aliphatic heterocycles. The summed E-state index contributed by atoms with van der Waals surface area (Å²) in [6.45, 7) is 2.40. The van der Waals surface area contributed by atoms with Gasteiger partial charge in [0.15, 0.2) is 0 Å². The predicted octanol–water partition coefficient (Wildman–Crippen LogP) is 1.52. The normalized spacial score (nSPS) is 13.1. The minimum atomic E-state index is 0.576. The smallest absolute Gasteiger partial charge is 0.144 e. The van der Waals surface area contributed by atoms with E-state index in [4.69, 9.17) is 14.7 Å². The Morgan fingerprint density at radius 3 is 3.05 bits per heavy atom. The SMILES string of the molecule is COCCOCCNc1nc2c(cc1C#N)CCC2. The number of nitriles is 1. The van der Waals surface area contributed by atoms with Crippen molar-refractivity contribution in [2.24, 2.45) is 0 Å². The first-order valence-electron chi connectivity index (χ1n) is 6.58. The van der Waals surface area contributed by atoms with Gasteiger partial charge in [-0.2, -0.15) is 5.26 Å². The third-order valence-corrected chi connectivity index (χ3v) is 3.14. The molecule has 0 fully saturated rings. The van der Waals surface area contributed by atoms with E-state index in [9.17, 15) is 0 Å². The highest BCUT2D eigenvalue weighted by Gasteiger charge is 2.15. The van der Waals surface area contributed by atoms with Crippen LogP contribution in [0.4, 0.5) is 5.82 Å². The lowest BCUT2D eigenvalue weighted by molar-refractivity contribution is 0.0759. The third-order valence-electron chi connectivity index (χ3n) is 3.14. The monoisotopic (exact) mass is 261 g/mol. The molecule has 2 rings (SSSR count). The van der Waals surface area contributed by atoms with Gasteiger partial charge in [0.25, 0.3) is 0 Å². The van der Waals surface area contributed by atoms with Crippen LogP contribution >= 0.6 is 0 Å². The van der Waals surface area contributed by atoms with Crippen LogP contribution in [0.2, 0.25) is 0 Å². The van der Waals surface area contributed by atoms with E-state index in [2.05, 4.69) is 16.4 Å². The van der Waals surface area contributed by atoms with Crippen LogP contribution < -0.4 is 5.32 Å². The van der Waals surface area contributed by atoms with E-state index in [1.54, 1.807) is 7.11 Å². The summed E-state index contributed by atoms with van der Waals surface area (Å²) in [4.78, 5) is 4.54. The van der Waals surface area contributed by atoms with Gasteiger partial charge in [0.1, 0.15) is 11.9 Å². The summed E-state index contributed by atoms with van der Waals surface area (Å²) in [6, 6.07) is 4.16. The summed E-state index contributed by atoms with van der Waals surface area (Å²) in [7, 11) is 1.65. The van der Waals surface area contributed by atoms with Gasteiger partial charge in [-0.25, -0.2) is 4.98 Å². The van der Waals surface area contributed by atoms with E-state index in [0.29, 0.717) is 37.7 Å². The van der Waals surface area contributed by atoms with Gasteiger partial charge < -0.3 is 14.8 Å². The van der Waals surface area contributed by atoms with E-state index >= 15 is 0 Å². The topological polar surface area (TPSA) is 67.2 Å². The summed E-state index contributed by atoms with van der Waals surface area (Å²) >= 11 is 0.